The molecule has 1 unspecified atom stereocenters. The Hall–Kier alpha value is -0.660. The van der Waals surface area contributed by atoms with Crippen LogP contribution in [0.25, 0.3) is 0 Å². The van der Waals surface area contributed by atoms with Gasteiger partial charge in [0.1, 0.15) is 6.17 Å². The van der Waals surface area contributed by atoms with Crippen LogP contribution >= 0.6 is 0 Å². The first kappa shape index (κ1) is 19.4. The maximum absolute atomic E-state index is 2.59. The van der Waals surface area contributed by atoms with Gasteiger partial charge in [-0.2, -0.15) is 0 Å². The van der Waals surface area contributed by atoms with Crippen molar-refractivity contribution < 1.29 is 0 Å². The van der Waals surface area contributed by atoms with Gasteiger partial charge >= 0.3 is 0 Å². The van der Waals surface area contributed by atoms with E-state index in [1.54, 1.807) is 0 Å². The van der Waals surface area contributed by atoms with Crippen molar-refractivity contribution in [3.8, 4) is 0 Å². The molecule has 0 aromatic carbocycles. The fourth-order valence-electron chi connectivity index (χ4n) is 3.40. The molecule has 0 radical (unpaired) electrons. The van der Waals surface area contributed by atoms with Crippen molar-refractivity contribution in [3.05, 3.63) is 12.4 Å². The van der Waals surface area contributed by atoms with Gasteiger partial charge in [-0.3, -0.25) is 0 Å². The average Bonchev–Trinajstić information content (AvgIpc) is 2.91. The first-order valence-electron chi connectivity index (χ1n) is 9.92. The number of rotatable bonds is 13. The minimum Gasteiger partial charge on any atom is -0.356 e. The Morgan fingerprint density at radius 1 is 0.773 bits per heavy atom. The molecule has 1 aliphatic rings. The van der Waals surface area contributed by atoms with Crippen LogP contribution in [-0.4, -0.2) is 28.6 Å². The second kappa shape index (κ2) is 11.8. The maximum atomic E-state index is 2.59. The summed E-state index contributed by atoms with van der Waals surface area (Å²) in [6.07, 6.45) is 20.5. The molecule has 0 aromatic heterocycles. The molecule has 0 spiro atoms. The lowest BCUT2D eigenvalue weighted by Gasteiger charge is -2.35. The molecule has 0 aromatic rings. The SMILES string of the molecule is CCCCCCCCCCN1C=CN(C(C)C)C1CCCC. The van der Waals surface area contributed by atoms with E-state index < -0.39 is 0 Å². The molecule has 0 saturated heterocycles. The molecule has 0 N–H and O–H groups in total. The molecule has 0 amide bonds. The van der Waals surface area contributed by atoms with Gasteiger partial charge in [0.15, 0.2) is 0 Å². The smallest absolute Gasteiger partial charge is 0.101 e. The van der Waals surface area contributed by atoms with Crippen molar-refractivity contribution in [1.29, 1.82) is 0 Å². The average molecular weight is 309 g/mol. The Morgan fingerprint density at radius 2 is 1.36 bits per heavy atom. The number of hydrogen-bond acceptors (Lipinski definition) is 2. The zero-order valence-corrected chi connectivity index (χ0v) is 15.7. The minimum atomic E-state index is 0.613. The molecule has 0 saturated carbocycles. The summed E-state index contributed by atoms with van der Waals surface area (Å²) >= 11 is 0. The standard InChI is InChI=1S/C20H40N2/c1-5-7-9-10-11-12-13-14-16-21-17-18-22(19(3)4)20(21)15-8-6-2/h17-20H,5-16H2,1-4H3. The number of hydrogen-bond donors (Lipinski definition) is 0. The summed E-state index contributed by atoms with van der Waals surface area (Å²) in [5, 5.41) is 0. The Labute approximate surface area is 139 Å². The Morgan fingerprint density at radius 3 is 1.95 bits per heavy atom. The van der Waals surface area contributed by atoms with Gasteiger partial charge in [0.05, 0.1) is 0 Å². The van der Waals surface area contributed by atoms with E-state index in [2.05, 4.69) is 49.9 Å². The zero-order valence-electron chi connectivity index (χ0n) is 15.7. The molecule has 2 heteroatoms. The third-order valence-corrected chi connectivity index (χ3v) is 4.84. The Bertz CT molecular complexity index is 285. The van der Waals surface area contributed by atoms with E-state index in [0.717, 1.165) is 0 Å². The highest BCUT2D eigenvalue weighted by molar-refractivity contribution is 4.98. The van der Waals surface area contributed by atoms with E-state index in [1.807, 2.05) is 0 Å². The van der Waals surface area contributed by atoms with Gasteiger partial charge in [0.25, 0.3) is 0 Å². The molecule has 22 heavy (non-hydrogen) atoms. The van der Waals surface area contributed by atoms with E-state index in [0.29, 0.717) is 12.2 Å². The molecule has 0 fully saturated rings. The van der Waals surface area contributed by atoms with Gasteiger partial charge in [0.2, 0.25) is 0 Å². The highest BCUT2D eigenvalue weighted by atomic mass is 15.4. The summed E-state index contributed by atoms with van der Waals surface area (Å²) in [6, 6.07) is 0.613. The fourth-order valence-corrected chi connectivity index (χ4v) is 3.40. The van der Waals surface area contributed by atoms with Crippen LogP contribution in [0.3, 0.4) is 0 Å². The van der Waals surface area contributed by atoms with Crippen LogP contribution in [-0.2, 0) is 0 Å². The quantitative estimate of drug-likeness (QED) is 0.377. The molecule has 1 rings (SSSR count). The van der Waals surface area contributed by atoms with Crippen LogP contribution < -0.4 is 0 Å². The van der Waals surface area contributed by atoms with Gasteiger partial charge < -0.3 is 9.80 Å². The molecule has 1 heterocycles. The largest absolute Gasteiger partial charge is 0.356 e. The van der Waals surface area contributed by atoms with E-state index >= 15 is 0 Å². The fraction of sp³-hybridized carbons (Fsp3) is 0.900. The van der Waals surface area contributed by atoms with Gasteiger partial charge in [-0.05, 0) is 33.1 Å². The van der Waals surface area contributed by atoms with Crippen LogP contribution in [0.2, 0.25) is 0 Å². The molecule has 0 aliphatic carbocycles. The summed E-state index contributed by atoms with van der Waals surface area (Å²) in [5.74, 6) is 0. The van der Waals surface area contributed by atoms with Gasteiger partial charge in [0, 0.05) is 25.0 Å². The van der Waals surface area contributed by atoms with Crippen LogP contribution in [0.1, 0.15) is 98.3 Å². The van der Waals surface area contributed by atoms with Gasteiger partial charge in [-0.15, -0.1) is 0 Å². The molecule has 1 atom stereocenters. The maximum Gasteiger partial charge on any atom is 0.101 e. The molecular formula is C20H40N2. The highest BCUT2D eigenvalue weighted by Crippen LogP contribution is 2.24. The highest BCUT2D eigenvalue weighted by Gasteiger charge is 2.26. The van der Waals surface area contributed by atoms with E-state index in [1.165, 1.54) is 77.2 Å². The topological polar surface area (TPSA) is 6.48 Å². The summed E-state index contributed by atoms with van der Waals surface area (Å²) in [6.45, 7) is 10.4. The van der Waals surface area contributed by atoms with Crippen LogP contribution in [0.5, 0.6) is 0 Å². The summed E-state index contributed by atoms with van der Waals surface area (Å²) in [7, 11) is 0. The second-order valence-corrected chi connectivity index (χ2v) is 7.17. The predicted molar refractivity (Wildman–Crippen MR) is 98.7 cm³/mol. The molecule has 1 aliphatic heterocycles. The molecule has 2 nitrogen and oxygen atoms in total. The van der Waals surface area contributed by atoms with Gasteiger partial charge in [-0.25, -0.2) is 0 Å². The Kier molecular flexibility index (Phi) is 10.4. The number of nitrogens with zero attached hydrogens (tertiary/aromatic N) is 2. The first-order valence-corrected chi connectivity index (χ1v) is 9.92. The third-order valence-electron chi connectivity index (χ3n) is 4.84. The van der Waals surface area contributed by atoms with Crippen molar-refractivity contribution >= 4 is 0 Å². The van der Waals surface area contributed by atoms with Crippen molar-refractivity contribution in [2.75, 3.05) is 6.54 Å². The first-order chi connectivity index (χ1) is 10.7. The molecule has 130 valence electrons. The molecular weight excluding hydrogens is 268 g/mol. The van der Waals surface area contributed by atoms with Crippen molar-refractivity contribution in [1.82, 2.24) is 9.80 Å². The summed E-state index contributed by atoms with van der Waals surface area (Å²) in [5.41, 5.74) is 0. The van der Waals surface area contributed by atoms with Crippen molar-refractivity contribution in [2.45, 2.75) is 111 Å². The predicted octanol–water partition coefficient (Wildman–Crippen LogP) is 6.14. The third kappa shape index (κ3) is 7.07. The molecule has 0 bridgehead atoms. The monoisotopic (exact) mass is 308 g/mol. The lowest BCUT2D eigenvalue weighted by Crippen LogP contribution is -2.42. The van der Waals surface area contributed by atoms with Crippen LogP contribution in [0, 0.1) is 0 Å². The lowest BCUT2D eigenvalue weighted by molar-refractivity contribution is 0.114. The van der Waals surface area contributed by atoms with Gasteiger partial charge in [-0.1, -0.05) is 65.2 Å². The van der Waals surface area contributed by atoms with Crippen LogP contribution in [0.15, 0.2) is 12.4 Å². The van der Waals surface area contributed by atoms with E-state index in [4.69, 9.17) is 0 Å². The van der Waals surface area contributed by atoms with Crippen molar-refractivity contribution in [2.24, 2.45) is 0 Å². The second-order valence-electron chi connectivity index (χ2n) is 7.17. The lowest BCUT2D eigenvalue weighted by atomic mass is 10.1. The zero-order chi connectivity index (χ0) is 16.2. The normalized spacial score (nSPS) is 18.0. The summed E-state index contributed by atoms with van der Waals surface area (Å²) in [4.78, 5) is 5.13. The van der Waals surface area contributed by atoms with Crippen LogP contribution in [0.4, 0.5) is 0 Å². The number of unbranched alkanes of at least 4 members (excludes halogenated alkanes) is 8. The summed E-state index contributed by atoms with van der Waals surface area (Å²) < 4.78 is 0. The van der Waals surface area contributed by atoms with E-state index in [-0.39, 0.29) is 0 Å². The van der Waals surface area contributed by atoms with Crippen molar-refractivity contribution in [3.63, 3.8) is 0 Å². The minimum absolute atomic E-state index is 0.613. The Balaban J connectivity index is 2.18. The van der Waals surface area contributed by atoms with E-state index in [9.17, 15) is 0 Å².